The average Bonchev–Trinajstić information content (AvgIpc) is 2.83. The molecule has 2 aromatic carbocycles. The van der Waals surface area contributed by atoms with Gasteiger partial charge < -0.3 is 10.1 Å². The molecule has 1 aliphatic rings. The van der Waals surface area contributed by atoms with Gasteiger partial charge >= 0.3 is 0 Å². The summed E-state index contributed by atoms with van der Waals surface area (Å²) in [6, 6.07) is 23.9. The Morgan fingerprint density at radius 2 is 1.62 bits per heavy atom. The molecule has 1 N–H and O–H groups in total. The van der Waals surface area contributed by atoms with Crippen LogP contribution < -0.4 is 10.7 Å². The summed E-state index contributed by atoms with van der Waals surface area (Å²) in [4.78, 5) is 20.8. The Labute approximate surface area is 187 Å². The van der Waals surface area contributed by atoms with Crippen molar-refractivity contribution in [2.45, 2.75) is 13.5 Å². The van der Waals surface area contributed by atoms with Crippen molar-refractivity contribution in [3.05, 3.63) is 94.3 Å². The van der Waals surface area contributed by atoms with E-state index in [-0.39, 0.29) is 5.43 Å². The lowest BCUT2D eigenvalue weighted by atomic mass is 10.1. The van der Waals surface area contributed by atoms with Gasteiger partial charge in [-0.25, -0.2) is 4.98 Å². The lowest BCUT2D eigenvalue weighted by Crippen LogP contribution is -2.37. The zero-order valence-corrected chi connectivity index (χ0v) is 18.1. The molecule has 4 aromatic rings. The molecule has 6 nitrogen and oxygen atoms in total. The SMILES string of the molecule is Cc1ccc2c(=O)c(CN3CCOCC3)c(Nc3ccccc3)n(-c3ccccc3)c2n1. The fraction of sp³-hybridized carbons (Fsp3) is 0.231. The van der Waals surface area contributed by atoms with Crippen molar-refractivity contribution >= 4 is 22.5 Å². The van der Waals surface area contributed by atoms with Gasteiger partial charge in [0, 0.05) is 36.7 Å². The fourth-order valence-corrected chi connectivity index (χ4v) is 4.15. The van der Waals surface area contributed by atoms with Gasteiger partial charge in [-0.1, -0.05) is 36.4 Å². The Morgan fingerprint density at radius 1 is 0.938 bits per heavy atom. The first kappa shape index (κ1) is 20.4. The average molecular weight is 427 g/mol. The third kappa shape index (κ3) is 4.02. The normalized spacial score (nSPS) is 14.5. The highest BCUT2D eigenvalue weighted by atomic mass is 16.5. The van der Waals surface area contributed by atoms with Crippen LogP contribution in [0.15, 0.2) is 77.6 Å². The number of nitrogens with one attached hydrogen (secondary N) is 1. The highest BCUT2D eigenvalue weighted by Crippen LogP contribution is 2.28. The number of anilines is 2. The number of aryl methyl sites for hydroxylation is 1. The Morgan fingerprint density at radius 3 is 2.34 bits per heavy atom. The van der Waals surface area contributed by atoms with E-state index < -0.39 is 0 Å². The van der Waals surface area contributed by atoms with Crippen molar-refractivity contribution in [3.63, 3.8) is 0 Å². The molecule has 1 aliphatic heterocycles. The number of ether oxygens (including phenoxy) is 1. The summed E-state index contributed by atoms with van der Waals surface area (Å²) >= 11 is 0. The summed E-state index contributed by atoms with van der Waals surface area (Å²) in [5.74, 6) is 0.754. The molecule has 1 fully saturated rings. The van der Waals surface area contributed by atoms with Gasteiger partial charge in [0.25, 0.3) is 0 Å². The van der Waals surface area contributed by atoms with E-state index in [9.17, 15) is 4.79 Å². The predicted molar refractivity (Wildman–Crippen MR) is 128 cm³/mol. The van der Waals surface area contributed by atoms with Crippen molar-refractivity contribution in [1.29, 1.82) is 0 Å². The quantitative estimate of drug-likeness (QED) is 0.516. The predicted octanol–water partition coefficient (Wildman–Crippen LogP) is 4.27. The lowest BCUT2D eigenvalue weighted by Gasteiger charge is -2.28. The summed E-state index contributed by atoms with van der Waals surface area (Å²) in [6.07, 6.45) is 0. The van der Waals surface area contributed by atoms with Gasteiger partial charge in [0.15, 0.2) is 5.43 Å². The van der Waals surface area contributed by atoms with Gasteiger partial charge in [-0.15, -0.1) is 0 Å². The zero-order valence-electron chi connectivity index (χ0n) is 18.1. The number of nitrogens with zero attached hydrogens (tertiary/aromatic N) is 3. The van der Waals surface area contributed by atoms with Crippen LogP contribution in [0, 0.1) is 6.92 Å². The highest BCUT2D eigenvalue weighted by Gasteiger charge is 2.22. The first-order valence-corrected chi connectivity index (χ1v) is 10.9. The first-order valence-electron chi connectivity index (χ1n) is 10.9. The molecule has 0 aliphatic carbocycles. The van der Waals surface area contributed by atoms with Crippen LogP contribution >= 0.6 is 0 Å². The van der Waals surface area contributed by atoms with Crippen LogP contribution in [0.2, 0.25) is 0 Å². The van der Waals surface area contributed by atoms with Crippen molar-refractivity contribution in [2.24, 2.45) is 0 Å². The second kappa shape index (κ2) is 8.94. The molecule has 6 heteroatoms. The summed E-state index contributed by atoms with van der Waals surface area (Å²) in [5, 5.41) is 4.17. The fourth-order valence-electron chi connectivity index (χ4n) is 4.15. The molecule has 0 spiro atoms. The molecule has 1 saturated heterocycles. The van der Waals surface area contributed by atoms with Crippen LogP contribution in [0.1, 0.15) is 11.3 Å². The molecule has 0 amide bonds. The van der Waals surface area contributed by atoms with E-state index in [4.69, 9.17) is 9.72 Å². The molecule has 0 bridgehead atoms. The van der Waals surface area contributed by atoms with Gasteiger partial charge in [0.05, 0.1) is 24.2 Å². The number of pyridine rings is 2. The van der Waals surface area contributed by atoms with E-state index in [0.717, 1.165) is 41.5 Å². The van der Waals surface area contributed by atoms with Gasteiger partial charge in [0.1, 0.15) is 11.5 Å². The van der Waals surface area contributed by atoms with Crippen LogP contribution in [0.5, 0.6) is 0 Å². The van der Waals surface area contributed by atoms with E-state index >= 15 is 0 Å². The van der Waals surface area contributed by atoms with Crippen LogP contribution in [0.3, 0.4) is 0 Å². The van der Waals surface area contributed by atoms with Crippen LogP contribution in [0.4, 0.5) is 11.5 Å². The monoisotopic (exact) mass is 426 g/mol. The summed E-state index contributed by atoms with van der Waals surface area (Å²) in [5.41, 5.74) is 4.16. The maximum Gasteiger partial charge on any atom is 0.197 e. The summed E-state index contributed by atoms with van der Waals surface area (Å²) in [7, 11) is 0. The number of morpholine rings is 1. The number of para-hydroxylation sites is 2. The van der Waals surface area contributed by atoms with Crippen molar-refractivity contribution < 1.29 is 4.74 Å². The van der Waals surface area contributed by atoms with E-state index in [1.807, 2.05) is 79.7 Å². The molecular formula is C26H26N4O2. The van der Waals surface area contributed by atoms with Gasteiger partial charge in [-0.2, -0.15) is 0 Å². The Balaban J connectivity index is 1.79. The van der Waals surface area contributed by atoms with Crippen molar-refractivity contribution in [3.8, 4) is 5.69 Å². The third-order valence-electron chi connectivity index (χ3n) is 5.79. The topological polar surface area (TPSA) is 59.4 Å². The molecule has 0 radical (unpaired) electrons. The van der Waals surface area contributed by atoms with Gasteiger partial charge in [-0.3, -0.25) is 14.3 Å². The van der Waals surface area contributed by atoms with Crippen LogP contribution in [0.25, 0.3) is 16.7 Å². The number of fused-ring (bicyclic) bond motifs is 1. The minimum Gasteiger partial charge on any atom is -0.379 e. The molecule has 0 atom stereocenters. The minimum atomic E-state index is 0.0182. The van der Waals surface area contributed by atoms with Crippen molar-refractivity contribution in [2.75, 3.05) is 31.6 Å². The van der Waals surface area contributed by atoms with E-state index in [0.29, 0.717) is 30.8 Å². The number of aromatic nitrogens is 2. The third-order valence-corrected chi connectivity index (χ3v) is 5.79. The van der Waals surface area contributed by atoms with Crippen molar-refractivity contribution in [1.82, 2.24) is 14.5 Å². The molecule has 0 saturated carbocycles. The van der Waals surface area contributed by atoms with Gasteiger partial charge in [0.2, 0.25) is 0 Å². The van der Waals surface area contributed by atoms with Gasteiger partial charge in [-0.05, 0) is 43.3 Å². The maximum absolute atomic E-state index is 13.8. The molecular weight excluding hydrogens is 400 g/mol. The summed E-state index contributed by atoms with van der Waals surface area (Å²) in [6.45, 7) is 5.48. The van der Waals surface area contributed by atoms with E-state index in [1.54, 1.807) is 0 Å². The van der Waals surface area contributed by atoms with Crippen LogP contribution in [-0.4, -0.2) is 40.8 Å². The van der Waals surface area contributed by atoms with E-state index in [2.05, 4.69) is 14.8 Å². The van der Waals surface area contributed by atoms with Crippen LogP contribution in [-0.2, 0) is 11.3 Å². The Hall–Kier alpha value is -3.48. The molecule has 0 unspecified atom stereocenters. The second-order valence-corrected chi connectivity index (χ2v) is 8.03. The largest absolute Gasteiger partial charge is 0.379 e. The second-order valence-electron chi connectivity index (χ2n) is 8.03. The van der Waals surface area contributed by atoms with E-state index in [1.165, 1.54) is 0 Å². The maximum atomic E-state index is 13.8. The Bertz CT molecular complexity index is 1280. The minimum absolute atomic E-state index is 0.0182. The number of hydrogen-bond acceptors (Lipinski definition) is 5. The molecule has 3 heterocycles. The standard InChI is InChI=1S/C26H26N4O2/c1-19-12-13-22-24(31)23(18-29-14-16-32-17-15-29)26(28-20-8-4-2-5-9-20)30(25(22)27-19)21-10-6-3-7-11-21/h2-13,28H,14-18H2,1H3. The number of rotatable bonds is 5. The highest BCUT2D eigenvalue weighted by molar-refractivity contribution is 5.83. The first-order chi connectivity index (χ1) is 15.7. The molecule has 162 valence electrons. The lowest BCUT2D eigenvalue weighted by molar-refractivity contribution is 0.0341. The molecule has 2 aromatic heterocycles. The molecule has 32 heavy (non-hydrogen) atoms. The summed E-state index contributed by atoms with van der Waals surface area (Å²) < 4.78 is 7.60. The number of hydrogen-bond donors (Lipinski definition) is 1. The zero-order chi connectivity index (χ0) is 21.9. The smallest absolute Gasteiger partial charge is 0.197 e. The molecule has 5 rings (SSSR count). The Kier molecular flexibility index (Phi) is 5.71. The number of benzene rings is 2.